The number of hydrogen-bond donors (Lipinski definition) is 1. The lowest BCUT2D eigenvalue weighted by Gasteiger charge is -1.93. The van der Waals surface area contributed by atoms with Gasteiger partial charge in [-0.15, -0.1) is 6.58 Å². The summed E-state index contributed by atoms with van der Waals surface area (Å²) in [5, 5.41) is 6.86. The first kappa shape index (κ1) is 8.93. The fourth-order valence-corrected chi connectivity index (χ4v) is 0.792. The van der Waals surface area contributed by atoms with Crippen LogP contribution in [-0.4, -0.2) is 16.7 Å². The lowest BCUT2D eigenvalue weighted by atomic mass is 10.5. The minimum atomic E-state index is 0.634. The molecule has 4 heteroatoms. The molecule has 66 valence electrons. The predicted octanol–water partition coefficient (Wildman–Crippen LogP) is 0.908. The largest absolute Gasteiger partial charge is 0.339 e. The van der Waals surface area contributed by atoms with Crippen molar-refractivity contribution in [2.75, 3.05) is 6.54 Å². The molecular weight excluding hydrogens is 154 g/mol. The third kappa shape index (κ3) is 2.47. The normalized spacial score (nSPS) is 10.1. The maximum Gasteiger partial charge on any atom is 0.226 e. The molecule has 0 amide bonds. The zero-order valence-electron chi connectivity index (χ0n) is 7.21. The Kier molecular flexibility index (Phi) is 3.47. The van der Waals surface area contributed by atoms with Crippen molar-refractivity contribution in [1.82, 2.24) is 15.5 Å². The highest BCUT2D eigenvalue weighted by Crippen LogP contribution is 1.96. The molecule has 0 aliphatic rings. The van der Waals surface area contributed by atoms with Crippen LogP contribution in [0.2, 0.25) is 0 Å². The summed E-state index contributed by atoms with van der Waals surface area (Å²) in [5.74, 6) is 1.39. The van der Waals surface area contributed by atoms with Crippen LogP contribution in [0.15, 0.2) is 17.2 Å². The molecule has 0 aliphatic heterocycles. The zero-order chi connectivity index (χ0) is 8.81. The van der Waals surface area contributed by atoms with Crippen molar-refractivity contribution in [2.45, 2.75) is 19.9 Å². The zero-order valence-corrected chi connectivity index (χ0v) is 7.21. The number of nitrogens with zero attached hydrogens (tertiary/aromatic N) is 2. The maximum atomic E-state index is 4.92. The molecule has 1 heterocycles. The second-order valence-electron chi connectivity index (χ2n) is 2.38. The van der Waals surface area contributed by atoms with Crippen LogP contribution in [0.1, 0.15) is 18.6 Å². The summed E-state index contributed by atoms with van der Waals surface area (Å²) in [7, 11) is 0. The Labute approximate surface area is 71.7 Å². The summed E-state index contributed by atoms with van der Waals surface area (Å²) in [6.07, 6.45) is 2.58. The van der Waals surface area contributed by atoms with Crippen molar-refractivity contribution >= 4 is 0 Å². The molecule has 0 spiro atoms. The van der Waals surface area contributed by atoms with E-state index in [1.807, 2.05) is 6.92 Å². The summed E-state index contributed by atoms with van der Waals surface area (Å²) in [6.45, 7) is 6.96. The van der Waals surface area contributed by atoms with E-state index in [1.165, 1.54) is 0 Å². The van der Waals surface area contributed by atoms with Gasteiger partial charge in [0.1, 0.15) is 0 Å². The summed E-state index contributed by atoms with van der Waals surface area (Å²) >= 11 is 0. The molecule has 1 aromatic heterocycles. The lowest BCUT2D eigenvalue weighted by molar-refractivity contribution is 0.375. The average molecular weight is 167 g/mol. The summed E-state index contributed by atoms with van der Waals surface area (Å²) in [6, 6.07) is 0. The number of nitrogens with one attached hydrogen (secondary N) is 1. The Hall–Kier alpha value is -1.16. The molecule has 0 aromatic carbocycles. The van der Waals surface area contributed by atoms with Crippen molar-refractivity contribution in [3.8, 4) is 0 Å². The van der Waals surface area contributed by atoms with Gasteiger partial charge in [-0.05, 0) is 0 Å². The van der Waals surface area contributed by atoms with E-state index < -0.39 is 0 Å². The average Bonchev–Trinajstić information content (AvgIpc) is 2.53. The summed E-state index contributed by atoms with van der Waals surface area (Å²) < 4.78 is 4.92. The van der Waals surface area contributed by atoms with E-state index in [2.05, 4.69) is 22.0 Å². The first-order valence-electron chi connectivity index (χ1n) is 4.00. The third-order valence-electron chi connectivity index (χ3n) is 1.38. The molecule has 0 unspecified atom stereocenters. The summed E-state index contributed by atoms with van der Waals surface area (Å²) in [5.41, 5.74) is 0. The van der Waals surface area contributed by atoms with E-state index in [9.17, 15) is 0 Å². The van der Waals surface area contributed by atoms with Gasteiger partial charge < -0.3 is 9.84 Å². The fourth-order valence-electron chi connectivity index (χ4n) is 0.792. The van der Waals surface area contributed by atoms with E-state index in [0.29, 0.717) is 18.3 Å². The maximum absolute atomic E-state index is 4.92. The lowest BCUT2D eigenvalue weighted by Crippen LogP contribution is -2.13. The molecule has 0 aliphatic carbocycles. The van der Waals surface area contributed by atoms with Crippen molar-refractivity contribution < 1.29 is 4.52 Å². The van der Waals surface area contributed by atoms with Gasteiger partial charge >= 0.3 is 0 Å². The van der Waals surface area contributed by atoms with Gasteiger partial charge in [0.05, 0.1) is 6.54 Å². The molecular formula is C8H13N3O. The predicted molar refractivity (Wildman–Crippen MR) is 45.6 cm³/mol. The monoisotopic (exact) mass is 167 g/mol. The first-order valence-corrected chi connectivity index (χ1v) is 4.00. The SMILES string of the molecule is C=CCNCc1noc(CC)n1. The number of hydrogen-bond acceptors (Lipinski definition) is 4. The van der Waals surface area contributed by atoms with Crippen LogP contribution in [0.4, 0.5) is 0 Å². The van der Waals surface area contributed by atoms with Gasteiger partial charge in [-0.1, -0.05) is 18.2 Å². The van der Waals surface area contributed by atoms with E-state index in [0.717, 1.165) is 13.0 Å². The number of aromatic nitrogens is 2. The van der Waals surface area contributed by atoms with E-state index in [-0.39, 0.29) is 0 Å². The van der Waals surface area contributed by atoms with Crippen LogP contribution >= 0.6 is 0 Å². The van der Waals surface area contributed by atoms with Gasteiger partial charge in [0.2, 0.25) is 5.89 Å². The molecule has 1 rings (SSSR count). The topological polar surface area (TPSA) is 51.0 Å². The molecule has 0 radical (unpaired) electrons. The Morgan fingerprint density at radius 3 is 3.08 bits per heavy atom. The van der Waals surface area contributed by atoms with E-state index >= 15 is 0 Å². The highest BCUT2D eigenvalue weighted by Gasteiger charge is 2.01. The van der Waals surface area contributed by atoms with Crippen molar-refractivity contribution in [3.05, 3.63) is 24.4 Å². The molecule has 0 atom stereocenters. The number of rotatable bonds is 5. The quantitative estimate of drug-likeness (QED) is 0.523. The molecule has 4 nitrogen and oxygen atoms in total. The standard InChI is InChI=1S/C8H13N3O/c1-3-5-9-6-7-10-8(4-2)12-11-7/h3,9H,1,4-6H2,2H3. The molecule has 0 saturated carbocycles. The molecule has 12 heavy (non-hydrogen) atoms. The van der Waals surface area contributed by atoms with Gasteiger partial charge in [0.25, 0.3) is 0 Å². The molecule has 1 N–H and O–H groups in total. The highest BCUT2D eigenvalue weighted by molar-refractivity contribution is 4.85. The molecule has 0 fully saturated rings. The van der Waals surface area contributed by atoms with Gasteiger partial charge in [-0.2, -0.15) is 4.98 Å². The van der Waals surface area contributed by atoms with Crippen LogP contribution in [0.25, 0.3) is 0 Å². The van der Waals surface area contributed by atoms with Crippen molar-refractivity contribution in [3.63, 3.8) is 0 Å². The van der Waals surface area contributed by atoms with Gasteiger partial charge in [0.15, 0.2) is 5.82 Å². The van der Waals surface area contributed by atoms with Crippen LogP contribution < -0.4 is 5.32 Å². The summed E-state index contributed by atoms with van der Waals surface area (Å²) in [4.78, 5) is 4.13. The fraction of sp³-hybridized carbons (Fsp3) is 0.500. The molecule has 0 saturated heterocycles. The molecule has 1 aromatic rings. The molecule has 0 bridgehead atoms. The Balaban J connectivity index is 2.36. The van der Waals surface area contributed by atoms with Gasteiger partial charge in [-0.25, -0.2) is 0 Å². The number of aryl methyl sites for hydroxylation is 1. The van der Waals surface area contributed by atoms with Crippen molar-refractivity contribution in [2.24, 2.45) is 0 Å². The second kappa shape index (κ2) is 4.66. The van der Waals surface area contributed by atoms with E-state index in [1.54, 1.807) is 6.08 Å². The van der Waals surface area contributed by atoms with Crippen LogP contribution in [0.3, 0.4) is 0 Å². The minimum Gasteiger partial charge on any atom is -0.339 e. The Morgan fingerprint density at radius 2 is 2.50 bits per heavy atom. The second-order valence-corrected chi connectivity index (χ2v) is 2.38. The van der Waals surface area contributed by atoms with Gasteiger partial charge in [-0.3, -0.25) is 0 Å². The Morgan fingerprint density at radius 1 is 1.67 bits per heavy atom. The van der Waals surface area contributed by atoms with Crippen molar-refractivity contribution in [1.29, 1.82) is 0 Å². The van der Waals surface area contributed by atoms with Crippen LogP contribution in [0, 0.1) is 0 Å². The Bertz CT molecular complexity index is 244. The first-order chi connectivity index (χ1) is 5.86. The van der Waals surface area contributed by atoms with E-state index in [4.69, 9.17) is 4.52 Å². The third-order valence-corrected chi connectivity index (χ3v) is 1.38. The van der Waals surface area contributed by atoms with Crippen LogP contribution in [-0.2, 0) is 13.0 Å². The minimum absolute atomic E-state index is 0.634. The highest BCUT2D eigenvalue weighted by atomic mass is 16.5. The van der Waals surface area contributed by atoms with Gasteiger partial charge in [0, 0.05) is 13.0 Å². The smallest absolute Gasteiger partial charge is 0.226 e. The van der Waals surface area contributed by atoms with Crippen LogP contribution in [0.5, 0.6) is 0 Å².